The molecule has 17 heavy (non-hydrogen) atoms. The van der Waals surface area contributed by atoms with Gasteiger partial charge in [0.1, 0.15) is 16.7 Å². The molecule has 0 atom stereocenters. The first-order valence-electron chi connectivity index (χ1n) is 4.69. The average molecular weight is 301 g/mol. The number of aromatic nitrogens is 4. The predicted octanol–water partition coefficient (Wildman–Crippen LogP) is 0.439. The molecule has 9 heteroatoms. The molecule has 0 radical (unpaired) electrons. The van der Waals surface area contributed by atoms with Crippen molar-refractivity contribution < 1.29 is 9.90 Å². The van der Waals surface area contributed by atoms with Gasteiger partial charge in [-0.05, 0) is 15.9 Å². The molecule has 0 fully saturated rings. The van der Waals surface area contributed by atoms with E-state index in [1.54, 1.807) is 4.68 Å². The number of hydrogen-bond donors (Lipinski definition) is 3. The number of amides is 1. The summed E-state index contributed by atoms with van der Waals surface area (Å²) in [7, 11) is 0. The van der Waals surface area contributed by atoms with Crippen molar-refractivity contribution in [3.8, 4) is 0 Å². The predicted molar refractivity (Wildman–Crippen MR) is 63.5 cm³/mol. The highest BCUT2D eigenvalue weighted by atomic mass is 79.9. The van der Waals surface area contributed by atoms with Crippen molar-refractivity contribution in [1.82, 2.24) is 25.1 Å². The zero-order valence-electron chi connectivity index (χ0n) is 8.59. The number of carbonyl (C=O) groups is 1. The molecule has 1 amide bonds. The van der Waals surface area contributed by atoms with E-state index in [1.165, 1.54) is 6.33 Å². The van der Waals surface area contributed by atoms with Crippen LogP contribution in [0.5, 0.6) is 0 Å². The molecule has 0 spiro atoms. The van der Waals surface area contributed by atoms with Crippen LogP contribution in [0.4, 0.5) is 10.6 Å². The van der Waals surface area contributed by atoms with Gasteiger partial charge in [-0.3, -0.25) is 0 Å². The number of halogens is 1. The van der Waals surface area contributed by atoms with Crippen molar-refractivity contribution in [2.75, 3.05) is 12.3 Å². The Kier molecular flexibility index (Phi) is 3.09. The summed E-state index contributed by atoms with van der Waals surface area (Å²) in [6, 6.07) is 0. The zero-order chi connectivity index (χ0) is 12.4. The highest BCUT2D eigenvalue weighted by molar-refractivity contribution is 9.10. The third kappa shape index (κ3) is 2.28. The first-order valence-corrected chi connectivity index (χ1v) is 5.48. The Morgan fingerprint density at radius 3 is 3.06 bits per heavy atom. The van der Waals surface area contributed by atoms with Crippen LogP contribution in [0, 0.1) is 0 Å². The Balaban J connectivity index is 2.29. The first kappa shape index (κ1) is 11.6. The van der Waals surface area contributed by atoms with E-state index in [0.717, 1.165) is 0 Å². The van der Waals surface area contributed by atoms with Crippen molar-refractivity contribution in [2.45, 2.75) is 6.54 Å². The summed E-state index contributed by atoms with van der Waals surface area (Å²) in [5, 5.41) is 15.5. The van der Waals surface area contributed by atoms with Gasteiger partial charge in [0.25, 0.3) is 0 Å². The minimum absolute atomic E-state index is 0.239. The SMILES string of the molecule is Nc1ncnc2c1c(Br)nn2CCNC(=O)O. The number of rotatable bonds is 3. The normalized spacial score (nSPS) is 10.6. The van der Waals surface area contributed by atoms with Gasteiger partial charge in [-0.15, -0.1) is 0 Å². The second-order valence-electron chi connectivity index (χ2n) is 3.20. The average Bonchev–Trinajstić information content (AvgIpc) is 2.57. The Morgan fingerprint density at radius 2 is 2.35 bits per heavy atom. The molecule has 2 rings (SSSR count). The van der Waals surface area contributed by atoms with E-state index in [0.29, 0.717) is 28.0 Å². The number of carboxylic acid groups (broad SMARTS) is 1. The quantitative estimate of drug-likeness (QED) is 0.756. The lowest BCUT2D eigenvalue weighted by molar-refractivity contribution is 0.194. The fourth-order valence-electron chi connectivity index (χ4n) is 1.41. The molecule has 2 aromatic rings. The lowest BCUT2D eigenvalue weighted by Crippen LogP contribution is -2.25. The summed E-state index contributed by atoms with van der Waals surface area (Å²) < 4.78 is 2.11. The van der Waals surface area contributed by atoms with Gasteiger partial charge in [-0.2, -0.15) is 5.10 Å². The van der Waals surface area contributed by atoms with Crippen LogP contribution in [0.1, 0.15) is 0 Å². The van der Waals surface area contributed by atoms with Crippen molar-refractivity contribution in [3.63, 3.8) is 0 Å². The fraction of sp³-hybridized carbons (Fsp3) is 0.250. The van der Waals surface area contributed by atoms with Gasteiger partial charge in [0.05, 0.1) is 11.9 Å². The van der Waals surface area contributed by atoms with Crippen LogP contribution < -0.4 is 11.1 Å². The van der Waals surface area contributed by atoms with E-state index in [1.807, 2.05) is 0 Å². The third-order valence-electron chi connectivity index (χ3n) is 2.12. The molecule has 8 nitrogen and oxygen atoms in total. The number of anilines is 1. The molecule has 0 aliphatic heterocycles. The minimum Gasteiger partial charge on any atom is -0.465 e. The number of nitrogen functional groups attached to an aromatic ring is 1. The second kappa shape index (κ2) is 4.53. The Hall–Kier alpha value is -1.90. The van der Waals surface area contributed by atoms with Crippen LogP contribution >= 0.6 is 15.9 Å². The van der Waals surface area contributed by atoms with Crippen LogP contribution in [-0.2, 0) is 6.54 Å². The first-order chi connectivity index (χ1) is 8.09. The molecule has 90 valence electrons. The topological polar surface area (TPSA) is 119 Å². The Morgan fingerprint density at radius 1 is 1.59 bits per heavy atom. The molecule has 0 saturated carbocycles. The number of hydrogen-bond acceptors (Lipinski definition) is 5. The van der Waals surface area contributed by atoms with E-state index in [2.05, 4.69) is 36.3 Å². The summed E-state index contributed by atoms with van der Waals surface area (Å²) in [4.78, 5) is 18.2. The van der Waals surface area contributed by atoms with E-state index in [4.69, 9.17) is 10.8 Å². The molecular formula is C8H9BrN6O2. The van der Waals surface area contributed by atoms with E-state index in [-0.39, 0.29) is 6.54 Å². The molecule has 2 heterocycles. The summed E-state index contributed by atoms with van der Waals surface area (Å²) >= 11 is 3.26. The van der Waals surface area contributed by atoms with E-state index in [9.17, 15) is 4.79 Å². The van der Waals surface area contributed by atoms with Gasteiger partial charge in [0.15, 0.2) is 5.65 Å². The van der Waals surface area contributed by atoms with Crippen molar-refractivity contribution in [3.05, 3.63) is 10.9 Å². The van der Waals surface area contributed by atoms with Crippen molar-refractivity contribution in [1.29, 1.82) is 0 Å². The largest absolute Gasteiger partial charge is 0.465 e. The number of nitrogens with one attached hydrogen (secondary N) is 1. The second-order valence-corrected chi connectivity index (χ2v) is 3.95. The number of nitrogens with two attached hydrogens (primary N) is 1. The fourth-order valence-corrected chi connectivity index (χ4v) is 1.98. The Bertz CT molecular complexity index is 568. The number of fused-ring (bicyclic) bond motifs is 1. The maximum atomic E-state index is 10.3. The van der Waals surface area contributed by atoms with Crippen LogP contribution in [-0.4, -0.2) is 37.5 Å². The van der Waals surface area contributed by atoms with Crippen LogP contribution in [0.3, 0.4) is 0 Å². The Labute approximate surface area is 104 Å². The standard InChI is InChI=1S/C8H9BrN6O2/c9-5-4-6(10)12-3-13-7(4)15(14-5)2-1-11-8(16)17/h3,11H,1-2H2,(H,16,17)(H2,10,12,13). The lowest BCUT2D eigenvalue weighted by atomic mass is 10.4. The molecular weight excluding hydrogens is 292 g/mol. The molecule has 2 aromatic heterocycles. The molecule has 0 bridgehead atoms. The van der Waals surface area contributed by atoms with Gasteiger partial charge in [0.2, 0.25) is 0 Å². The molecule has 4 N–H and O–H groups in total. The summed E-state index contributed by atoms with van der Waals surface area (Å²) in [5.74, 6) is 0.333. The molecule has 0 aromatic carbocycles. The maximum Gasteiger partial charge on any atom is 0.404 e. The van der Waals surface area contributed by atoms with Crippen LogP contribution in [0.15, 0.2) is 10.9 Å². The van der Waals surface area contributed by atoms with Gasteiger partial charge >= 0.3 is 6.09 Å². The van der Waals surface area contributed by atoms with Gasteiger partial charge in [0, 0.05) is 6.54 Å². The molecule has 0 aliphatic rings. The zero-order valence-corrected chi connectivity index (χ0v) is 10.2. The van der Waals surface area contributed by atoms with E-state index < -0.39 is 6.09 Å². The van der Waals surface area contributed by atoms with E-state index >= 15 is 0 Å². The summed E-state index contributed by atoms with van der Waals surface area (Å²) in [6.45, 7) is 0.604. The third-order valence-corrected chi connectivity index (χ3v) is 2.67. The molecule has 0 aliphatic carbocycles. The van der Waals surface area contributed by atoms with Crippen LogP contribution in [0.25, 0.3) is 11.0 Å². The van der Waals surface area contributed by atoms with Crippen LogP contribution in [0.2, 0.25) is 0 Å². The minimum atomic E-state index is -1.07. The summed E-state index contributed by atoms with van der Waals surface area (Å²) in [5.41, 5.74) is 6.27. The van der Waals surface area contributed by atoms with Gasteiger partial charge < -0.3 is 16.2 Å². The molecule has 0 unspecified atom stereocenters. The monoisotopic (exact) mass is 300 g/mol. The summed E-state index contributed by atoms with van der Waals surface area (Å²) in [6.07, 6.45) is 0.266. The smallest absolute Gasteiger partial charge is 0.404 e. The molecule has 0 saturated heterocycles. The maximum absolute atomic E-state index is 10.3. The highest BCUT2D eigenvalue weighted by Gasteiger charge is 2.12. The number of nitrogens with zero attached hydrogens (tertiary/aromatic N) is 4. The van der Waals surface area contributed by atoms with Gasteiger partial charge in [-0.1, -0.05) is 0 Å². The van der Waals surface area contributed by atoms with Crippen molar-refractivity contribution in [2.24, 2.45) is 0 Å². The van der Waals surface area contributed by atoms with Gasteiger partial charge in [-0.25, -0.2) is 19.4 Å². The lowest BCUT2D eigenvalue weighted by Gasteiger charge is -2.02. The highest BCUT2D eigenvalue weighted by Crippen LogP contribution is 2.24. The van der Waals surface area contributed by atoms with Crippen molar-refractivity contribution >= 4 is 38.9 Å².